The van der Waals surface area contributed by atoms with E-state index in [2.05, 4.69) is 24.3 Å². The number of hydrogen-bond donors (Lipinski definition) is 2. The summed E-state index contributed by atoms with van der Waals surface area (Å²) in [7, 11) is 0. The third-order valence-electron chi connectivity index (χ3n) is 6.92. The maximum atomic E-state index is 13.6. The molecule has 0 bridgehead atoms. The second-order valence-electron chi connectivity index (χ2n) is 9.95. The molecular formula is C33H32ClF3NO3+. The maximum absolute atomic E-state index is 13.6. The molecule has 4 aromatic rings. The highest BCUT2D eigenvalue weighted by atomic mass is 35.5. The molecule has 214 valence electrons. The van der Waals surface area contributed by atoms with Crippen molar-refractivity contribution < 1.29 is 32.7 Å². The molecule has 0 fully saturated rings. The maximum Gasteiger partial charge on any atom is 0.417 e. The Hall–Kier alpha value is -3.81. The molecule has 0 spiro atoms. The van der Waals surface area contributed by atoms with Crippen LogP contribution in [-0.2, 0) is 23.9 Å². The number of ether oxygens (including phenoxy) is 1. The average molecular weight is 583 g/mol. The first-order valence-electron chi connectivity index (χ1n) is 13.4. The number of benzene rings is 4. The van der Waals surface area contributed by atoms with Crippen LogP contribution in [0.25, 0.3) is 0 Å². The van der Waals surface area contributed by atoms with Gasteiger partial charge in [0.1, 0.15) is 12.3 Å². The summed E-state index contributed by atoms with van der Waals surface area (Å²) in [4.78, 5) is 12.1. The van der Waals surface area contributed by atoms with Crippen molar-refractivity contribution in [3.8, 4) is 5.75 Å². The quantitative estimate of drug-likeness (QED) is 0.173. The van der Waals surface area contributed by atoms with Crippen molar-refractivity contribution in [3.05, 3.63) is 136 Å². The molecule has 0 aliphatic heterocycles. The molecule has 4 rings (SSSR count). The molecule has 0 heterocycles. The first-order valence-corrected chi connectivity index (χ1v) is 13.8. The van der Waals surface area contributed by atoms with Crippen LogP contribution in [0.1, 0.15) is 40.2 Å². The number of carboxylic acids is 1. The molecule has 8 heteroatoms. The van der Waals surface area contributed by atoms with E-state index in [0.717, 1.165) is 22.1 Å². The van der Waals surface area contributed by atoms with Crippen molar-refractivity contribution in [2.75, 3.05) is 19.7 Å². The molecule has 0 aliphatic rings. The van der Waals surface area contributed by atoms with Gasteiger partial charge in [0, 0.05) is 12.0 Å². The molecule has 0 aromatic heterocycles. The lowest BCUT2D eigenvalue weighted by molar-refractivity contribution is -0.915. The molecule has 4 nitrogen and oxygen atoms in total. The molecule has 41 heavy (non-hydrogen) atoms. The number of aliphatic carboxylic acids is 1. The van der Waals surface area contributed by atoms with Gasteiger partial charge in [0.05, 0.1) is 42.6 Å². The normalized spacial score (nSPS) is 12.3. The number of carbonyl (C=O) groups is 1. The van der Waals surface area contributed by atoms with Gasteiger partial charge in [-0.05, 0) is 34.9 Å². The largest absolute Gasteiger partial charge is 0.493 e. The highest BCUT2D eigenvalue weighted by Gasteiger charge is 2.34. The lowest BCUT2D eigenvalue weighted by Crippen LogP contribution is -3.11. The summed E-state index contributed by atoms with van der Waals surface area (Å²) in [5.74, 6) is -0.315. The number of halogens is 4. The molecule has 1 unspecified atom stereocenters. The topological polar surface area (TPSA) is 51.0 Å². The van der Waals surface area contributed by atoms with Crippen molar-refractivity contribution in [1.82, 2.24) is 0 Å². The van der Waals surface area contributed by atoms with E-state index in [1.54, 1.807) is 30.3 Å². The van der Waals surface area contributed by atoms with Crippen LogP contribution in [0.15, 0.2) is 103 Å². The fraction of sp³-hybridized carbons (Fsp3) is 0.242. The Kier molecular flexibility index (Phi) is 10.4. The first kappa shape index (κ1) is 30.2. The van der Waals surface area contributed by atoms with Gasteiger partial charge in [-0.25, -0.2) is 0 Å². The third kappa shape index (κ3) is 8.84. The summed E-state index contributed by atoms with van der Waals surface area (Å²) in [6.45, 7) is 1.94. The first-order chi connectivity index (χ1) is 19.7. The number of carboxylic acid groups (broad SMARTS) is 1. The van der Waals surface area contributed by atoms with Gasteiger partial charge < -0.3 is 14.7 Å². The molecule has 0 saturated carbocycles. The zero-order valence-corrected chi connectivity index (χ0v) is 23.2. The Labute approximate surface area is 243 Å². The number of nitrogens with one attached hydrogen (secondary N) is 1. The smallest absolute Gasteiger partial charge is 0.417 e. The van der Waals surface area contributed by atoms with E-state index in [1.165, 1.54) is 6.07 Å². The summed E-state index contributed by atoms with van der Waals surface area (Å²) in [6, 6.07) is 31.2. The second-order valence-corrected chi connectivity index (χ2v) is 10.3. The molecule has 0 saturated heterocycles. The molecule has 0 radical (unpaired) electrons. The van der Waals surface area contributed by atoms with Crippen LogP contribution in [0.3, 0.4) is 0 Å². The van der Waals surface area contributed by atoms with Crippen LogP contribution >= 0.6 is 11.6 Å². The summed E-state index contributed by atoms with van der Waals surface area (Å²) in [6.07, 6.45) is -3.99. The Balaban J connectivity index is 1.54. The fourth-order valence-electron chi connectivity index (χ4n) is 4.99. The highest BCUT2D eigenvalue weighted by molar-refractivity contribution is 6.32. The third-order valence-corrected chi connectivity index (χ3v) is 7.36. The Morgan fingerprint density at radius 2 is 1.51 bits per heavy atom. The standard InChI is InChI=1S/C33H31ClF3NO3/c34-32-27(15-8-17-30(32)33(35,36)37)22-38(18-9-19-41-28-16-7-10-24(20-28)21-31(39)40)23-29(25-11-3-1-4-12-25)26-13-5-2-6-14-26/h1-8,10-17,20,29H,9,18-19,21-23H2,(H,39,40)/p+1. The van der Waals surface area contributed by atoms with Gasteiger partial charge in [0.25, 0.3) is 0 Å². The van der Waals surface area contributed by atoms with E-state index in [-0.39, 0.29) is 17.4 Å². The van der Waals surface area contributed by atoms with Crippen LogP contribution < -0.4 is 9.64 Å². The van der Waals surface area contributed by atoms with Crippen molar-refractivity contribution in [2.45, 2.75) is 31.5 Å². The van der Waals surface area contributed by atoms with Gasteiger partial charge in [-0.15, -0.1) is 0 Å². The van der Waals surface area contributed by atoms with E-state index in [1.807, 2.05) is 36.4 Å². The summed E-state index contributed by atoms with van der Waals surface area (Å²) in [5, 5.41) is 8.79. The van der Waals surface area contributed by atoms with Gasteiger partial charge in [-0.1, -0.05) is 96.5 Å². The Bertz CT molecular complexity index is 1370. The predicted octanol–water partition coefficient (Wildman–Crippen LogP) is 6.67. The fourth-order valence-corrected chi connectivity index (χ4v) is 5.29. The van der Waals surface area contributed by atoms with Crippen molar-refractivity contribution >= 4 is 17.6 Å². The SMILES string of the molecule is O=C(O)Cc1cccc(OCCC[NH+](Cc2cccc(C(F)(F)F)c2Cl)CC(c2ccccc2)c2ccccc2)c1. The van der Waals surface area contributed by atoms with Gasteiger partial charge >= 0.3 is 12.1 Å². The van der Waals surface area contributed by atoms with E-state index in [0.29, 0.717) is 49.5 Å². The van der Waals surface area contributed by atoms with E-state index in [9.17, 15) is 18.0 Å². The average Bonchev–Trinajstić information content (AvgIpc) is 2.95. The van der Waals surface area contributed by atoms with Crippen LogP contribution in [0.2, 0.25) is 5.02 Å². The van der Waals surface area contributed by atoms with Crippen molar-refractivity contribution in [2.24, 2.45) is 0 Å². The van der Waals surface area contributed by atoms with E-state index in [4.69, 9.17) is 21.4 Å². The number of quaternary nitrogens is 1. The zero-order valence-electron chi connectivity index (χ0n) is 22.4. The minimum Gasteiger partial charge on any atom is -0.493 e. The number of rotatable bonds is 13. The molecule has 2 N–H and O–H groups in total. The summed E-state index contributed by atoms with van der Waals surface area (Å²) < 4.78 is 46.7. The van der Waals surface area contributed by atoms with Gasteiger partial charge in [-0.3, -0.25) is 4.79 Å². The van der Waals surface area contributed by atoms with Crippen LogP contribution in [0.5, 0.6) is 5.75 Å². The molecule has 0 aliphatic carbocycles. The van der Waals surface area contributed by atoms with Crippen LogP contribution in [0, 0.1) is 0 Å². The zero-order chi connectivity index (χ0) is 29.2. The lowest BCUT2D eigenvalue weighted by Gasteiger charge is -2.26. The van der Waals surface area contributed by atoms with Crippen LogP contribution in [0.4, 0.5) is 13.2 Å². The molecule has 0 amide bonds. The minimum absolute atomic E-state index is 0.0191. The van der Waals surface area contributed by atoms with Gasteiger partial charge in [-0.2, -0.15) is 13.2 Å². The number of hydrogen-bond acceptors (Lipinski definition) is 2. The van der Waals surface area contributed by atoms with Crippen LogP contribution in [-0.4, -0.2) is 30.8 Å². The Morgan fingerprint density at radius 3 is 2.12 bits per heavy atom. The minimum atomic E-state index is -4.53. The monoisotopic (exact) mass is 582 g/mol. The molecule has 4 aromatic carbocycles. The summed E-state index contributed by atoms with van der Waals surface area (Å²) >= 11 is 6.30. The van der Waals surface area contributed by atoms with Crippen molar-refractivity contribution in [1.29, 1.82) is 0 Å². The predicted molar refractivity (Wildman–Crippen MR) is 153 cm³/mol. The van der Waals surface area contributed by atoms with E-state index >= 15 is 0 Å². The van der Waals surface area contributed by atoms with E-state index < -0.39 is 17.7 Å². The summed E-state index contributed by atoms with van der Waals surface area (Å²) in [5.41, 5.74) is 2.51. The highest BCUT2D eigenvalue weighted by Crippen LogP contribution is 2.36. The van der Waals surface area contributed by atoms with Crippen molar-refractivity contribution in [3.63, 3.8) is 0 Å². The van der Waals surface area contributed by atoms with Gasteiger partial charge in [0.2, 0.25) is 0 Å². The second kappa shape index (κ2) is 14.2. The van der Waals surface area contributed by atoms with Gasteiger partial charge in [0.15, 0.2) is 0 Å². The molecular weight excluding hydrogens is 551 g/mol. The Morgan fingerprint density at radius 1 is 0.878 bits per heavy atom. The lowest BCUT2D eigenvalue weighted by atomic mass is 9.90. The molecule has 1 atom stereocenters. The number of alkyl halides is 3.